The molecule has 1 aromatic rings. The summed E-state index contributed by atoms with van der Waals surface area (Å²) in [6.45, 7) is 5.59. The fourth-order valence-corrected chi connectivity index (χ4v) is 1.86. The molecule has 18 heavy (non-hydrogen) atoms. The van der Waals surface area contributed by atoms with Gasteiger partial charge < -0.3 is 10.8 Å². The van der Waals surface area contributed by atoms with Gasteiger partial charge in [-0.3, -0.25) is 0 Å². The summed E-state index contributed by atoms with van der Waals surface area (Å²) in [5, 5.41) is 9.90. The van der Waals surface area contributed by atoms with Crippen LogP contribution in [0, 0.1) is 24.5 Å². The predicted molar refractivity (Wildman–Crippen MR) is 68.1 cm³/mol. The fourth-order valence-electron chi connectivity index (χ4n) is 1.86. The third-order valence-electron chi connectivity index (χ3n) is 3.11. The zero-order valence-electron chi connectivity index (χ0n) is 11.1. The van der Waals surface area contributed by atoms with Crippen LogP contribution < -0.4 is 5.73 Å². The van der Waals surface area contributed by atoms with Gasteiger partial charge >= 0.3 is 0 Å². The van der Waals surface area contributed by atoms with Crippen molar-refractivity contribution >= 4 is 0 Å². The van der Waals surface area contributed by atoms with Crippen molar-refractivity contribution in [1.82, 2.24) is 0 Å². The van der Waals surface area contributed by atoms with Gasteiger partial charge in [-0.15, -0.1) is 0 Å². The molecule has 0 spiro atoms. The highest BCUT2D eigenvalue weighted by molar-refractivity contribution is 5.29. The topological polar surface area (TPSA) is 46.2 Å². The average Bonchev–Trinajstić information content (AvgIpc) is 2.31. The number of hydrogen-bond acceptors (Lipinski definition) is 2. The van der Waals surface area contributed by atoms with E-state index in [9.17, 15) is 13.9 Å². The molecule has 0 bridgehead atoms. The second kappa shape index (κ2) is 6.25. The van der Waals surface area contributed by atoms with Gasteiger partial charge in [0.25, 0.3) is 0 Å². The van der Waals surface area contributed by atoms with Crippen molar-refractivity contribution < 1.29 is 13.9 Å². The zero-order chi connectivity index (χ0) is 13.9. The van der Waals surface area contributed by atoms with Crippen LogP contribution in [0.4, 0.5) is 8.78 Å². The number of halogens is 2. The van der Waals surface area contributed by atoms with Gasteiger partial charge in [-0.05, 0) is 37.3 Å². The first-order valence-corrected chi connectivity index (χ1v) is 6.22. The van der Waals surface area contributed by atoms with E-state index in [2.05, 4.69) is 0 Å². The van der Waals surface area contributed by atoms with Crippen molar-refractivity contribution in [2.24, 2.45) is 11.7 Å². The number of aliphatic hydroxyl groups excluding tert-OH is 1. The molecule has 3 N–H and O–H groups in total. The number of aryl methyl sites for hydroxylation is 1. The van der Waals surface area contributed by atoms with E-state index in [1.54, 1.807) is 6.92 Å². The first-order valence-electron chi connectivity index (χ1n) is 6.22. The first-order chi connectivity index (χ1) is 8.34. The Morgan fingerprint density at radius 2 is 1.83 bits per heavy atom. The summed E-state index contributed by atoms with van der Waals surface area (Å²) in [6.07, 6.45) is 0.272. The zero-order valence-corrected chi connectivity index (χ0v) is 11.1. The third kappa shape index (κ3) is 3.50. The van der Waals surface area contributed by atoms with E-state index in [4.69, 9.17) is 5.73 Å². The van der Waals surface area contributed by atoms with Gasteiger partial charge in [-0.2, -0.15) is 0 Å². The monoisotopic (exact) mass is 257 g/mol. The van der Waals surface area contributed by atoms with Gasteiger partial charge in [0, 0.05) is 5.56 Å². The average molecular weight is 257 g/mol. The molecule has 0 saturated heterocycles. The molecule has 2 nitrogen and oxygen atoms in total. The van der Waals surface area contributed by atoms with E-state index < -0.39 is 23.8 Å². The summed E-state index contributed by atoms with van der Waals surface area (Å²) in [7, 11) is 0. The maximum absolute atomic E-state index is 13.8. The van der Waals surface area contributed by atoms with Gasteiger partial charge in [0.05, 0.1) is 12.1 Å². The van der Waals surface area contributed by atoms with Crippen LogP contribution in [-0.2, 0) is 0 Å². The second-order valence-corrected chi connectivity index (χ2v) is 5.16. The van der Waals surface area contributed by atoms with Crippen molar-refractivity contribution in [3.05, 3.63) is 34.9 Å². The Labute approximate surface area is 107 Å². The molecule has 2 atom stereocenters. The van der Waals surface area contributed by atoms with Gasteiger partial charge in [-0.1, -0.05) is 19.9 Å². The molecule has 4 heteroatoms. The quantitative estimate of drug-likeness (QED) is 0.851. The van der Waals surface area contributed by atoms with E-state index in [0.717, 1.165) is 6.42 Å². The molecule has 0 aliphatic heterocycles. The number of rotatable bonds is 5. The normalized spacial score (nSPS) is 14.9. The van der Waals surface area contributed by atoms with Crippen LogP contribution in [0.3, 0.4) is 0 Å². The molecular formula is C14H21F2NO. The van der Waals surface area contributed by atoms with Crippen molar-refractivity contribution in [1.29, 1.82) is 0 Å². The summed E-state index contributed by atoms with van der Waals surface area (Å²) in [4.78, 5) is 0. The van der Waals surface area contributed by atoms with E-state index in [0.29, 0.717) is 17.9 Å². The number of hydrogen-bond donors (Lipinski definition) is 2. The minimum absolute atomic E-state index is 0.216. The Morgan fingerprint density at radius 3 is 2.39 bits per heavy atom. The standard InChI is InChI=1S/C14H21F2NO/c1-8(2)4-7-11(18)14(17)12-10(15)6-5-9(3)13(12)16/h5-6,8,11,14,18H,4,7,17H2,1-3H3/t11-,14-/m0/s1. The second-order valence-electron chi connectivity index (χ2n) is 5.16. The molecule has 102 valence electrons. The van der Waals surface area contributed by atoms with Crippen LogP contribution in [0.25, 0.3) is 0 Å². The van der Waals surface area contributed by atoms with Crippen LogP contribution in [-0.4, -0.2) is 11.2 Å². The van der Waals surface area contributed by atoms with Crippen LogP contribution in [0.5, 0.6) is 0 Å². The number of benzene rings is 1. The minimum Gasteiger partial charge on any atom is -0.391 e. The maximum atomic E-state index is 13.8. The van der Waals surface area contributed by atoms with Crippen molar-refractivity contribution in [2.45, 2.75) is 45.8 Å². The molecule has 0 aromatic heterocycles. The molecule has 1 aromatic carbocycles. The lowest BCUT2D eigenvalue weighted by Gasteiger charge is -2.21. The molecule has 0 radical (unpaired) electrons. The molecule has 0 unspecified atom stereocenters. The summed E-state index contributed by atoms with van der Waals surface area (Å²) in [5.41, 5.74) is 5.88. The van der Waals surface area contributed by atoms with Crippen LogP contribution in [0.1, 0.15) is 43.9 Å². The van der Waals surface area contributed by atoms with Crippen molar-refractivity contribution in [3.63, 3.8) is 0 Å². The summed E-state index contributed by atoms with van der Waals surface area (Å²) in [5.74, 6) is -0.945. The molecular weight excluding hydrogens is 236 g/mol. The lowest BCUT2D eigenvalue weighted by atomic mass is 9.94. The number of aliphatic hydroxyl groups is 1. The SMILES string of the molecule is Cc1ccc(F)c([C@@H](N)[C@@H](O)CCC(C)C)c1F. The van der Waals surface area contributed by atoms with Crippen molar-refractivity contribution in [2.75, 3.05) is 0 Å². The largest absolute Gasteiger partial charge is 0.391 e. The predicted octanol–water partition coefficient (Wildman–Crippen LogP) is 3.07. The van der Waals surface area contributed by atoms with Gasteiger partial charge in [-0.25, -0.2) is 8.78 Å². The molecule has 0 amide bonds. The number of nitrogens with two attached hydrogens (primary N) is 1. The Kier molecular flexibility index (Phi) is 5.23. The molecule has 0 saturated carbocycles. The Balaban J connectivity index is 2.89. The van der Waals surface area contributed by atoms with Crippen molar-refractivity contribution in [3.8, 4) is 0 Å². The maximum Gasteiger partial charge on any atom is 0.133 e. The van der Waals surface area contributed by atoms with Crippen LogP contribution in [0.15, 0.2) is 12.1 Å². The van der Waals surface area contributed by atoms with Gasteiger partial charge in [0.15, 0.2) is 0 Å². The molecule has 1 rings (SSSR count). The van der Waals surface area contributed by atoms with Crippen LogP contribution >= 0.6 is 0 Å². The molecule has 0 heterocycles. The van der Waals surface area contributed by atoms with Gasteiger partial charge in [0.2, 0.25) is 0 Å². The Morgan fingerprint density at radius 1 is 1.22 bits per heavy atom. The summed E-state index contributed by atoms with van der Waals surface area (Å²) in [6, 6.07) is 1.52. The Hall–Kier alpha value is -1.00. The van der Waals surface area contributed by atoms with E-state index in [1.165, 1.54) is 12.1 Å². The molecule has 0 aliphatic carbocycles. The minimum atomic E-state index is -1.02. The van der Waals surface area contributed by atoms with Crippen LogP contribution in [0.2, 0.25) is 0 Å². The first kappa shape index (κ1) is 15.1. The lowest BCUT2D eigenvalue weighted by Crippen LogP contribution is -2.28. The molecule has 0 aliphatic rings. The lowest BCUT2D eigenvalue weighted by molar-refractivity contribution is 0.125. The summed E-state index contributed by atoms with van der Waals surface area (Å²) < 4.78 is 27.4. The van der Waals surface area contributed by atoms with E-state index >= 15 is 0 Å². The van der Waals surface area contributed by atoms with Gasteiger partial charge in [0.1, 0.15) is 11.6 Å². The van der Waals surface area contributed by atoms with E-state index in [-0.39, 0.29) is 5.56 Å². The highest BCUT2D eigenvalue weighted by Crippen LogP contribution is 2.26. The van der Waals surface area contributed by atoms with E-state index in [1.807, 2.05) is 13.8 Å². The highest BCUT2D eigenvalue weighted by atomic mass is 19.1. The smallest absolute Gasteiger partial charge is 0.133 e. The summed E-state index contributed by atoms with van der Waals surface area (Å²) >= 11 is 0. The molecule has 0 fully saturated rings. The fraction of sp³-hybridized carbons (Fsp3) is 0.571. The third-order valence-corrected chi connectivity index (χ3v) is 3.11. The highest BCUT2D eigenvalue weighted by Gasteiger charge is 2.24. The Bertz CT molecular complexity index is 407.